The van der Waals surface area contributed by atoms with Crippen LogP contribution >= 0.6 is 0 Å². The molecule has 0 aromatic heterocycles. The molecule has 0 rings (SSSR count). The summed E-state index contributed by atoms with van der Waals surface area (Å²) in [6.07, 6.45) is -6.73. The highest BCUT2D eigenvalue weighted by atomic mass is 16.6. The lowest BCUT2D eigenvalue weighted by Gasteiger charge is -1.89. The summed E-state index contributed by atoms with van der Waals surface area (Å²) in [6, 6.07) is 0. The lowest BCUT2D eigenvalue weighted by molar-refractivity contribution is -0.145. The van der Waals surface area contributed by atoms with E-state index in [-0.39, 0.29) is 0 Å². The number of hydrogen-bond acceptors (Lipinski definition) is 5. The van der Waals surface area contributed by atoms with Crippen molar-refractivity contribution < 1.29 is 60.0 Å². The fourth-order valence-corrected chi connectivity index (χ4v) is 0. The molecule has 0 saturated carbocycles. The third-order valence-electron chi connectivity index (χ3n) is 0.357. The fraction of sp³-hybridized carbons (Fsp3) is 0.333. The van der Waals surface area contributed by atoms with Crippen LogP contribution < -0.4 is 0 Å². The van der Waals surface area contributed by atoms with Crippen LogP contribution in [0.1, 0.15) is 6.92 Å². The largest absolute Gasteiger partial charge is 0.503 e. The first kappa shape index (κ1) is 24.5. The van der Waals surface area contributed by atoms with Gasteiger partial charge in [0.25, 0.3) is 0 Å². The van der Waals surface area contributed by atoms with E-state index in [1.165, 1.54) is 6.92 Å². The molecule has 0 bridgehead atoms. The molecular formula is C6H12O12. The van der Waals surface area contributed by atoms with Crippen LogP contribution in [-0.2, 0) is 4.79 Å². The maximum absolute atomic E-state index is 9.45. The Morgan fingerprint density at radius 1 is 0.667 bits per heavy atom. The van der Waals surface area contributed by atoms with E-state index < -0.39 is 30.5 Å². The molecule has 108 valence electrons. The van der Waals surface area contributed by atoms with E-state index in [1.807, 2.05) is 0 Å². The molecule has 1 atom stereocenters. The summed E-state index contributed by atoms with van der Waals surface area (Å²) in [5.41, 5.74) is 0. The van der Waals surface area contributed by atoms with Gasteiger partial charge in [0, 0.05) is 0 Å². The molecule has 0 amide bonds. The zero-order valence-electron chi connectivity index (χ0n) is 8.79. The van der Waals surface area contributed by atoms with Crippen LogP contribution in [0.15, 0.2) is 0 Å². The molecule has 18 heavy (non-hydrogen) atoms. The summed E-state index contributed by atoms with van der Waals surface area (Å²) in [5.74, 6) is -1.19. The highest BCUT2D eigenvalue weighted by Crippen LogP contribution is 1.73. The summed E-state index contributed by atoms with van der Waals surface area (Å²) in [5, 5.41) is 57.6. The molecule has 0 radical (unpaired) electrons. The van der Waals surface area contributed by atoms with Crippen LogP contribution in [0.5, 0.6) is 0 Å². The van der Waals surface area contributed by atoms with Crippen molar-refractivity contribution in [2.24, 2.45) is 0 Å². The number of aliphatic hydroxyl groups is 1. The molecule has 0 spiro atoms. The van der Waals surface area contributed by atoms with Crippen LogP contribution in [0.4, 0.5) is 14.4 Å². The van der Waals surface area contributed by atoms with Gasteiger partial charge in [-0.2, -0.15) is 0 Å². The van der Waals surface area contributed by atoms with E-state index in [2.05, 4.69) is 0 Å². The molecule has 0 aliphatic heterocycles. The van der Waals surface area contributed by atoms with E-state index in [1.54, 1.807) is 0 Å². The van der Waals surface area contributed by atoms with Gasteiger partial charge in [0.15, 0.2) is 0 Å². The van der Waals surface area contributed by atoms with Gasteiger partial charge in [0.2, 0.25) is 0 Å². The molecule has 12 nitrogen and oxygen atoms in total. The van der Waals surface area contributed by atoms with Gasteiger partial charge >= 0.3 is 24.4 Å². The molecule has 0 aliphatic rings. The minimum absolute atomic E-state index is 1.19. The molecule has 1 unspecified atom stereocenters. The molecule has 0 aromatic rings. The SMILES string of the molecule is CC(O)C(=O)O.O=C(O)O.O=C(O)O.O=C(O)O. The van der Waals surface area contributed by atoms with Crippen molar-refractivity contribution in [2.45, 2.75) is 13.0 Å². The average molecular weight is 276 g/mol. The zero-order valence-corrected chi connectivity index (χ0v) is 8.79. The lowest BCUT2D eigenvalue weighted by atomic mass is 10.4. The average Bonchev–Trinajstić information content (AvgIpc) is 1.99. The third-order valence-corrected chi connectivity index (χ3v) is 0.357. The van der Waals surface area contributed by atoms with Crippen molar-refractivity contribution in [1.29, 1.82) is 0 Å². The van der Waals surface area contributed by atoms with Crippen molar-refractivity contribution >= 4 is 24.4 Å². The van der Waals surface area contributed by atoms with Gasteiger partial charge in [-0.25, -0.2) is 19.2 Å². The predicted octanol–water partition coefficient (Wildman–Crippen LogP) is 0.119. The first-order valence-corrected chi connectivity index (χ1v) is 3.51. The quantitative estimate of drug-likeness (QED) is 0.319. The Morgan fingerprint density at radius 3 is 0.722 bits per heavy atom. The minimum Gasteiger partial charge on any atom is -0.479 e. The Balaban J connectivity index is -0.0000000742. The molecule has 0 fully saturated rings. The third kappa shape index (κ3) is 1290. The fourth-order valence-electron chi connectivity index (χ4n) is 0. The Hall–Kier alpha value is -2.76. The zero-order chi connectivity index (χ0) is 15.9. The highest BCUT2D eigenvalue weighted by molar-refractivity contribution is 5.71. The lowest BCUT2D eigenvalue weighted by Crippen LogP contribution is -2.13. The first-order chi connectivity index (χ1) is 7.84. The second-order valence-corrected chi connectivity index (χ2v) is 1.86. The predicted molar refractivity (Wildman–Crippen MR) is 51.3 cm³/mol. The topological polar surface area (TPSA) is 230 Å². The summed E-state index contributed by atoms with van der Waals surface area (Å²) >= 11 is 0. The highest BCUT2D eigenvalue weighted by Gasteiger charge is 2.01. The maximum Gasteiger partial charge on any atom is 0.503 e. The summed E-state index contributed by atoms with van der Waals surface area (Å²) in [4.78, 5) is 35.1. The van der Waals surface area contributed by atoms with E-state index in [0.717, 1.165) is 0 Å². The molecule has 0 saturated heterocycles. The van der Waals surface area contributed by atoms with Gasteiger partial charge in [0.1, 0.15) is 6.10 Å². The minimum atomic E-state index is -1.83. The molecule has 0 aliphatic carbocycles. The molecule has 0 aromatic carbocycles. The van der Waals surface area contributed by atoms with Crippen molar-refractivity contribution in [1.82, 2.24) is 0 Å². The summed E-state index contributed by atoms with van der Waals surface area (Å²) in [7, 11) is 0. The Kier molecular flexibility index (Phi) is 22.6. The second kappa shape index (κ2) is 16.7. The van der Waals surface area contributed by atoms with Crippen molar-refractivity contribution in [2.75, 3.05) is 0 Å². The van der Waals surface area contributed by atoms with Crippen LogP contribution in [0.25, 0.3) is 0 Å². The van der Waals surface area contributed by atoms with Gasteiger partial charge in [0.05, 0.1) is 0 Å². The number of rotatable bonds is 1. The van der Waals surface area contributed by atoms with Gasteiger partial charge in [-0.05, 0) is 6.92 Å². The van der Waals surface area contributed by atoms with E-state index >= 15 is 0 Å². The number of carboxylic acid groups (broad SMARTS) is 7. The van der Waals surface area contributed by atoms with Crippen LogP contribution in [0.2, 0.25) is 0 Å². The Labute approximate surface area is 98.6 Å². The van der Waals surface area contributed by atoms with E-state index in [4.69, 9.17) is 55.2 Å². The van der Waals surface area contributed by atoms with Gasteiger partial charge in [-0.1, -0.05) is 0 Å². The Morgan fingerprint density at radius 2 is 0.722 bits per heavy atom. The molecule has 0 heterocycles. The van der Waals surface area contributed by atoms with Gasteiger partial charge < -0.3 is 40.9 Å². The monoisotopic (exact) mass is 276 g/mol. The van der Waals surface area contributed by atoms with E-state index in [0.29, 0.717) is 0 Å². The van der Waals surface area contributed by atoms with E-state index in [9.17, 15) is 4.79 Å². The number of carboxylic acids is 1. The second-order valence-electron chi connectivity index (χ2n) is 1.86. The summed E-state index contributed by atoms with van der Waals surface area (Å²) in [6.45, 7) is 1.20. The number of hydrogen-bond donors (Lipinski definition) is 8. The summed E-state index contributed by atoms with van der Waals surface area (Å²) < 4.78 is 0. The van der Waals surface area contributed by atoms with Crippen molar-refractivity contribution in [3.05, 3.63) is 0 Å². The first-order valence-electron chi connectivity index (χ1n) is 3.51. The van der Waals surface area contributed by atoms with Crippen LogP contribution in [-0.4, -0.2) is 71.4 Å². The van der Waals surface area contributed by atoms with Crippen LogP contribution in [0.3, 0.4) is 0 Å². The normalized spacial score (nSPS) is 8.56. The maximum atomic E-state index is 9.45. The van der Waals surface area contributed by atoms with Gasteiger partial charge in [-0.3, -0.25) is 0 Å². The Bertz CT molecular complexity index is 215. The van der Waals surface area contributed by atoms with Gasteiger partial charge in [-0.15, -0.1) is 0 Å². The van der Waals surface area contributed by atoms with Crippen molar-refractivity contribution in [3.8, 4) is 0 Å². The van der Waals surface area contributed by atoms with Crippen molar-refractivity contribution in [3.63, 3.8) is 0 Å². The number of carbonyl (C=O) groups is 4. The molecule has 8 N–H and O–H groups in total. The molecular weight excluding hydrogens is 264 g/mol. The number of aliphatic carboxylic acids is 1. The molecule has 12 heteroatoms. The standard InChI is InChI=1S/C3H6O3.3CH2O3/c1-2(4)3(5)6;3*2-1(3)4/h2,4H,1H3,(H,5,6);3*(H2,2,3,4). The van der Waals surface area contributed by atoms with Crippen LogP contribution in [0, 0.1) is 0 Å². The smallest absolute Gasteiger partial charge is 0.479 e. The number of aliphatic hydroxyl groups excluding tert-OH is 1.